The third-order valence-electron chi connectivity index (χ3n) is 4.31. The monoisotopic (exact) mass is 458 g/mol. The lowest BCUT2D eigenvalue weighted by Gasteiger charge is -2.16. The largest absolute Gasteiger partial charge is 0.469 e. The predicted octanol–water partition coefficient (Wildman–Crippen LogP) is 7.05. The van der Waals surface area contributed by atoms with Gasteiger partial charge in [-0.15, -0.1) is 11.6 Å². The highest BCUT2D eigenvalue weighted by Gasteiger charge is 2.15. The molecule has 138 valence electrons. The van der Waals surface area contributed by atoms with Gasteiger partial charge in [0, 0.05) is 15.7 Å². The third kappa shape index (κ3) is 15.7. The highest BCUT2D eigenvalue weighted by molar-refractivity contribution is 14.1. The zero-order chi connectivity index (χ0) is 17.3. The Bertz CT molecular complexity index is 274. The normalized spacial score (nSPS) is 13.7. The molecule has 0 radical (unpaired) electrons. The summed E-state index contributed by atoms with van der Waals surface area (Å²) in [6.45, 7) is 2.26. The molecule has 0 saturated carbocycles. The van der Waals surface area contributed by atoms with Gasteiger partial charge >= 0.3 is 5.97 Å². The first-order valence-electron chi connectivity index (χ1n) is 9.46. The molecule has 4 heteroatoms. The summed E-state index contributed by atoms with van der Waals surface area (Å²) in [6.07, 6.45) is 16.8. The average molecular weight is 459 g/mol. The molecule has 2 nitrogen and oxygen atoms in total. The molecular weight excluding hydrogens is 423 g/mol. The van der Waals surface area contributed by atoms with E-state index < -0.39 is 0 Å². The Morgan fingerprint density at radius 3 is 2.04 bits per heavy atom. The van der Waals surface area contributed by atoms with Crippen molar-refractivity contribution in [1.82, 2.24) is 0 Å². The van der Waals surface area contributed by atoms with Crippen LogP contribution in [0.3, 0.4) is 0 Å². The zero-order valence-electron chi connectivity index (χ0n) is 15.1. The van der Waals surface area contributed by atoms with Crippen LogP contribution < -0.4 is 0 Å². The van der Waals surface area contributed by atoms with Gasteiger partial charge in [-0.1, -0.05) is 93.7 Å². The maximum absolute atomic E-state index is 11.0. The number of ether oxygens (including phenoxy) is 1. The number of esters is 1. The Morgan fingerprint density at radius 1 is 0.913 bits per heavy atom. The van der Waals surface area contributed by atoms with Crippen molar-refractivity contribution in [3.63, 3.8) is 0 Å². The van der Waals surface area contributed by atoms with E-state index in [2.05, 4.69) is 34.3 Å². The van der Waals surface area contributed by atoms with Gasteiger partial charge in [-0.2, -0.15) is 0 Å². The van der Waals surface area contributed by atoms with Crippen molar-refractivity contribution in [2.45, 2.75) is 106 Å². The number of unbranched alkanes of at least 4 members (excludes halogenated alkanes) is 9. The predicted molar refractivity (Wildman–Crippen MR) is 110 cm³/mol. The van der Waals surface area contributed by atoms with Gasteiger partial charge in [0.25, 0.3) is 0 Å². The van der Waals surface area contributed by atoms with Crippen LogP contribution in [0.2, 0.25) is 0 Å². The Labute approximate surface area is 162 Å². The standard InChI is InChI=1S/C19H36ClIO2/c1-3-4-5-6-9-12-15-18(21)17(20)14-11-8-7-10-13-16-19(22)23-2/h17-18H,3-16H2,1-2H3/t17-,18+/m1/s1. The number of carbonyl (C=O) groups excluding carboxylic acids is 1. The topological polar surface area (TPSA) is 26.3 Å². The number of halogens is 2. The van der Waals surface area contributed by atoms with Crippen molar-refractivity contribution >= 4 is 40.2 Å². The average Bonchev–Trinajstić information content (AvgIpc) is 2.56. The molecule has 2 atom stereocenters. The molecule has 0 aliphatic carbocycles. The van der Waals surface area contributed by atoms with E-state index in [1.165, 1.54) is 71.3 Å². The molecule has 0 rings (SSSR count). The minimum atomic E-state index is -0.0896. The molecule has 0 aromatic heterocycles. The summed E-state index contributed by atoms with van der Waals surface area (Å²) in [5, 5.41) is 0.321. The second-order valence-corrected chi connectivity index (χ2v) is 8.63. The molecule has 0 aromatic rings. The van der Waals surface area contributed by atoms with E-state index in [0.717, 1.165) is 19.3 Å². The Hall–Kier alpha value is 0.490. The molecule has 23 heavy (non-hydrogen) atoms. The first-order valence-corrected chi connectivity index (χ1v) is 11.1. The van der Waals surface area contributed by atoms with Crippen LogP contribution in [-0.2, 0) is 9.53 Å². The molecule has 0 bridgehead atoms. The quantitative estimate of drug-likeness (QED) is 0.107. The molecule has 0 spiro atoms. The van der Waals surface area contributed by atoms with Crippen molar-refractivity contribution in [1.29, 1.82) is 0 Å². The van der Waals surface area contributed by atoms with Crippen LogP contribution in [0.15, 0.2) is 0 Å². The summed E-state index contributed by atoms with van der Waals surface area (Å²) >= 11 is 9.06. The fourth-order valence-corrected chi connectivity index (χ4v) is 3.80. The van der Waals surface area contributed by atoms with Gasteiger partial charge in [-0.05, 0) is 19.3 Å². The number of alkyl halides is 2. The van der Waals surface area contributed by atoms with E-state index in [0.29, 0.717) is 15.7 Å². The summed E-state index contributed by atoms with van der Waals surface area (Å²) in [7, 11) is 1.45. The van der Waals surface area contributed by atoms with Crippen molar-refractivity contribution in [2.24, 2.45) is 0 Å². The van der Waals surface area contributed by atoms with Gasteiger partial charge < -0.3 is 4.74 Å². The number of methoxy groups -OCH3 is 1. The fraction of sp³-hybridized carbons (Fsp3) is 0.947. The van der Waals surface area contributed by atoms with Gasteiger partial charge in [-0.25, -0.2) is 0 Å². The van der Waals surface area contributed by atoms with Crippen molar-refractivity contribution in [3.8, 4) is 0 Å². The van der Waals surface area contributed by atoms with Crippen LogP contribution in [0.1, 0.15) is 96.8 Å². The van der Waals surface area contributed by atoms with E-state index in [1.54, 1.807) is 0 Å². The summed E-state index contributed by atoms with van der Waals surface area (Å²) in [6, 6.07) is 0. The lowest BCUT2D eigenvalue weighted by Crippen LogP contribution is -2.14. The van der Waals surface area contributed by atoms with Crippen molar-refractivity contribution in [3.05, 3.63) is 0 Å². The van der Waals surface area contributed by atoms with E-state index in [4.69, 9.17) is 11.6 Å². The molecule has 0 heterocycles. The molecule has 0 aliphatic heterocycles. The smallest absolute Gasteiger partial charge is 0.305 e. The van der Waals surface area contributed by atoms with E-state index >= 15 is 0 Å². The number of hydrogen-bond acceptors (Lipinski definition) is 2. The van der Waals surface area contributed by atoms with Gasteiger partial charge in [-0.3, -0.25) is 4.79 Å². The molecule has 0 saturated heterocycles. The number of rotatable bonds is 16. The molecule has 0 aliphatic rings. The van der Waals surface area contributed by atoms with E-state index in [-0.39, 0.29) is 5.97 Å². The maximum atomic E-state index is 11.0. The second kappa shape index (κ2) is 17.3. The van der Waals surface area contributed by atoms with Gasteiger partial charge in [0.2, 0.25) is 0 Å². The van der Waals surface area contributed by atoms with Crippen molar-refractivity contribution in [2.75, 3.05) is 7.11 Å². The lowest BCUT2D eigenvalue weighted by atomic mass is 10.0. The second-order valence-electron chi connectivity index (χ2n) is 6.47. The Morgan fingerprint density at radius 2 is 1.43 bits per heavy atom. The van der Waals surface area contributed by atoms with Crippen LogP contribution in [0.25, 0.3) is 0 Å². The SMILES string of the molecule is CCCCCCCC[C@H](I)[C@H](Cl)CCCCCCCC(=O)OC. The number of hydrogen-bond donors (Lipinski definition) is 0. The minimum Gasteiger partial charge on any atom is -0.469 e. The third-order valence-corrected chi connectivity index (χ3v) is 6.75. The van der Waals surface area contributed by atoms with Gasteiger partial charge in [0.05, 0.1) is 7.11 Å². The number of carbonyl (C=O) groups is 1. The van der Waals surface area contributed by atoms with Gasteiger partial charge in [0.15, 0.2) is 0 Å². The van der Waals surface area contributed by atoms with Crippen LogP contribution in [-0.4, -0.2) is 22.4 Å². The Balaban J connectivity index is 3.40. The Kier molecular flexibility index (Phi) is 17.7. The van der Waals surface area contributed by atoms with Crippen molar-refractivity contribution < 1.29 is 9.53 Å². The highest BCUT2D eigenvalue weighted by atomic mass is 127. The highest BCUT2D eigenvalue weighted by Crippen LogP contribution is 2.24. The van der Waals surface area contributed by atoms with Gasteiger partial charge in [0.1, 0.15) is 0 Å². The fourth-order valence-electron chi connectivity index (χ4n) is 2.72. The van der Waals surface area contributed by atoms with E-state index in [1.807, 2.05) is 0 Å². The summed E-state index contributed by atoms with van der Waals surface area (Å²) < 4.78 is 5.25. The summed E-state index contributed by atoms with van der Waals surface area (Å²) in [5.41, 5.74) is 0. The maximum Gasteiger partial charge on any atom is 0.305 e. The minimum absolute atomic E-state index is 0.0896. The van der Waals surface area contributed by atoms with Crippen LogP contribution in [0.4, 0.5) is 0 Å². The zero-order valence-corrected chi connectivity index (χ0v) is 18.0. The van der Waals surface area contributed by atoms with Crippen LogP contribution >= 0.6 is 34.2 Å². The molecule has 0 unspecified atom stereocenters. The lowest BCUT2D eigenvalue weighted by molar-refractivity contribution is -0.140. The first kappa shape index (κ1) is 23.5. The van der Waals surface area contributed by atoms with E-state index in [9.17, 15) is 4.79 Å². The summed E-state index contributed by atoms with van der Waals surface area (Å²) in [4.78, 5) is 11.0. The molecule has 0 fully saturated rings. The summed E-state index contributed by atoms with van der Waals surface area (Å²) in [5.74, 6) is -0.0896. The molecular formula is C19H36ClIO2. The molecule has 0 aromatic carbocycles. The molecule has 0 amide bonds. The molecule has 0 N–H and O–H groups in total. The van der Waals surface area contributed by atoms with Crippen LogP contribution in [0.5, 0.6) is 0 Å². The van der Waals surface area contributed by atoms with Crippen LogP contribution in [0, 0.1) is 0 Å². The first-order chi connectivity index (χ1) is 11.1.